The van der Waals surface area contributed by atoms with Crippen LogP contribution in [0.4, 0.5) is 0 Å². The molecule has 2 rings (SSSR count). The van der Waals surface area contributed by atoms with E-state index in [1.807, 2.05) is 24.3 Å². The number of benzene rings is 2. The van der Waals surface area contributed by atoms with E-state index in [9.17, 15) is 14.7 Å². The lowest BCUT2D eigenvalue weighted by atomic mass is 10.1. The van der Waals surface area contributed by atoms with Gasteiger partial charge in [-0.25, -0.2) is 9.59 Å². The number of carboxylic acids is 1. The van der Waals surface area contributed by atoms with Crippen LogP contribution in [0.5, 0.6) is 11.5 Å². The fourth-order valence-corrected chi connectivity index (χ4v) is 2.87. The first-order valence-corrected chi connectivity index (χ1v) is 9.69. The van der Waals surface area contributed by atoms with E-state index in [0.29, 0.717) is 11.3 Å². The zero-order valence-electron chi connectivity index (χ0n) is 16.3. The van der Waals surface area contributed by atoms with Gasteiger partial charge in [0.05, 0.1) is 7.11 Å². The van der Waals surface area contributed by atoms with Crippen molar-refractivity contribution in [2.24, 2.45) is 10.9 Å². The van der Waals surface area contributed by atoms with Gasteiger partial charge < -0.3 is 14.6 Å². The van der Waals surface area contributed by atoms with Crippen LogP contribution in [0.2, 0.25) is 0 Å². The molecular weight excluding hydrogens is 438 g/mol. The van der Waals surface area contributed by atoms with Gasteiger partial charge in [0.1, 0.15) is 6.04 Å². The van der Waals surface area contributed by atoms with Crippen molar-refractivity contribution in [2.45, 2.75) is 19.9 Å². The molecule has 7 heteroatoms. The minimum Gasteiger partial charge on any atom is -0.493 e. The van der Waals surface area contributed by atoms with Crippen LogP contribution in [0.15, 0.2) is 58.0 Å². The first-order valence-electron chi connectivity index (χ1n) is 8.89. The van der Waals surface area contributed by atoms with Gasteiger partial charge in [-0.3, -0.25) is 4.99 Å². The molecule has 0 aliphatic carbocycles. The number of methoxy groups -OCH3 is 1. The van der Waals surface area contributed by atoms with Crippen molar-refractivity contribution in [1.82, 2.24) is 0 Å². The zero-order valence-corrected chi connectivity index (χ0v) is 17.9. The van der Waals surface area contributed by atoms with Crippen molar-refractivity contribution >= 4 is 40.2 Å². The van der Waals surface area contributed by atoms with Crippen LogP contribution in [0.1, 0.15) is 25.0 Å². The molecule has 0 saturated heterocycles. The molecule has 2 aromatic carbocycles. The monoisotopic (exact) mass is 459 g/mol. The third kappa shape index (κ3) is 6.87. The normalized spacial score (nSPS) is 12.4. The Labute approximate surface area is 178 Å². The van der Waals surface area contributed by atoms with Gasteiger partial charge in [-0.05, 0) is 53.5 Å². The number of carbonyl (C=O) groups excluding carboxylic acids is 1. The summed E-state index contributed by atoms with van der Waals surface area (Å²) in [7, 11) is 1.46. The lowest BCUT2D eigenvalue weighted by Crippen LogP contribution is -2.24. The van der Waals surface area contributed by atoms with Crippen LogP contribution in [0.25, 0.3) is 6.08 Å². The van der Waals surface area contributed by atoms with E-state index in [-0.39, 0.29) is 11.7 Å². The number of carbonyl (C=O) groups is 2. The molecular formula is C22H22BrNO5. The number of halogens is 1. The fraction of sp³-hybridized carbons (Fsp3) is 0.227. The third-order valence-electron chi connectivity index (χ3n) is 3.93. The lowest BCUT2D eigenvalue weighted by Gasteiger charge is -2.11. The summed E-state index contributed by atoms with van der Waals surface area (Å²) < 4.78 is 11.5. The van der Waals surface area contributed by atoms with Crippen LogP contribution in [-0.2, 0) is 9.59 Å². The quantitative estimate of drug-likeness (QED) is 0.269. The van der Waals surface area contributed by atoms with Crippen LogP contribution in [-0.4, -0.2) is 36.4 Å². The second-order valence-electron chi connectivity index (χ2n) is 6.52. The van der Waals surface area contributed by atoms with E-state index in [0.717, 1.165) is 10.0 Å². The Morgan fingerprint density at radius 3 is 2.48 bits per heavy atom. The molecule has 1 atom stereocenters. The predicted octanol–water partition coefficient (Wildman–Crippen LogP) is 4.60. The zero-order chi connectivity index (χ0) is 21.4. The van der Waals surface area contributed by atoms with E-state index in [1.54, 1.807) is 38.1 Å². The average Bonchev–Trinajstić information content (AvgIpc) is 2.67. The standard InChI is InChI=1S/C22H22BrNO5/c1-14(2)21(22(26)27)24-13-16-7-9-18(19(12-16)28-3)29-20(25)10-8-15-5-4-6-17(23)11-15/h4-14,21H,1-3H3,(H,26,27)/b10-8+,24-13+. The molecule has 0 amide bonds. The molecule has 0 aromatic heterocycles. The first-order chi connectivity index (χ1) is 13.8. The Balaban J connectivity index is 2.12. The van der Waals surface area contributed by atoms with Crippen molar-refractivity contribution in [3.8, 4) is 11.5 Å². The smallest absolute Gasteiger partial charge is 0.336 e. The van der Waals surface area contributed by atoms with Gasteiger partial charge in [0, 0.05) is 16.8 Å². The molecule has 0 bridgehead atoms. The summed E-state index contributed by atoms with van der Waals surface area (Å²) in [6.07, 6.45) is 4.45. The number of aliphatic imine (C=N–C) groups is 1. The highest BCUT2D eigenvalue weighted by Crippen LogP contribution is 2.28. The Morgan fingerprint density at radius 1 is 1.10 bits per heavy atom. The van der Waals surface area contributed by atoms with Crippen molar-refractivity contribution < 1.29 is 24.2 Å². The number of hydrogen-bond donors (Lipinski definition) is 1. The highest BCUT2D eigenvalue weighted by molar-refractivity contribution is 9.10. The van der Waals surface area contributed by atoms with Gasteiger partial charge >= 0.3 is 11.9 Å². The summed E-state index contributed by atoms with van der Waals surface area (Å²) in [5.74, 6) is -1.06. The number of ether oxygens (including phenoxy) is 2. The maximum atomic E-state index is 12.1. The highest BCUT2D eigenvalue weighted by atomic mass is 79.9. The summed E-state index contributed by atoms with van der Waals surface area (Å²) in [6, 6.07) is 11.6. The number of aliphatic carboxylic acids is 1. The van der Waals surface area contributed by atoms with Crippen LogP contribution >= 0.6 is 15.9 Å². The average molecular weight is 460 g/mol. The molecule has 0 heterocycles. The van der Waals surface area contributed by atoms with E-state index in [4.69, 9.17) is 9.47 Å². The number of nitrogens with zero attached hydrogens (tertiary/aromatic N) is 1. The van der Waals surface area contributed by atoms with Crippen molar-refractivity contribution in [2.75, 3.05) is 7.11 Å². The molecule has 0 fully saturated rings. The van der Waals surface area contributed by atoms with Crippen LogP contribution in [0.3, 0.4) is 0 Å². The summed E-state index contributed by atoms with van der Waals surface area (Å²) in [5.41, 5.74) is 1.49. The molecule has 29 heavy (non-hydrogen) atoms. The maximum absolute atomic E-state index is 12.1. The Hall–Kier alpha value is -2.93. The third-order valence-corrected chi connectivity index (χ3v) is 4.42. The lowest BCUT2D eigenvalue weighted by molar-refractivity contribution is -0.139. The molecule has 1 N–H and O–H groups in total. The summed E-state index contributed by atoms with van der Waals surface area (Å²) in [5, 5.41) is 9.21. The predicted molar refractivity (Wildman–Crippen MR) is 116 cm³/mol. The van der Waals surface area contributed by atoms with Gasteiger partial charge in [-0.1, -0.05) is 41.9 Å². The second-order valence-corrected chi connectivity index (χ2v) is 7.44. The summed E-state index contributed by atoms with van der Waals surface area (Å²) in [6.45, 7) is 3.59. The van der Waals surface area contributed by atoms with Gasteiger partial charge in [0.2, 0.25) is 0 Å². The maximum Gasteiger partial charge on any atom is 0.336 e. The van der Waals surface area contributed by atoms with E-state index >= 15 is 0 Å². The number of hydrogen-bond acceptors (Lipinski definition) is 5. The molecule has 0 spiro atoms. The minimum absolute atomic E-state index is 0.136. The van der Waals surface area contributed by atoms with Crippen LogP contribution in [0, 0.1) is 5.92 Å². The first kappa shape index (κ1) is 22.4. The Morgan fingerprint density at radius 2 is 1.86 bits per heavy atom. The Kier molecular flexibility index (Phi) is 8.15. The van der Waals surface area contributed by atoms with Gasteiger partial charge in [0.25, 0.3) is 0 Å². The molecule has 6 nitrogen and oxygen atoms in total. The van der Waals surface area contributed by atoms with Crippen molar-refractivity contribution in [3.63, 3.8) is 0 Å². The topological polar surface area (TPSA) is 85.2 Å². The number of esters is 1. The van der Waals surface area contributed by atoms with E-state index in [1.165, 1.54) is 19.4 Å². The fourth-order valence-electron chi connectivity index (χ4n) is 2.45. The number of rotatable bonds is 8. The van der Waals surface area contributed by atoms with Crippen molar-refractivity contribution in [3.05, 3.63) is 64.1 Å². The summed E-state index contributed by atoms with van der Waals surface area (Å²) in [4.78, 5) is 27.5. The van der Waals surface area contributed by atoms with Crippen LogP contribution < -0.4 is 9.47 Å². The van der Waals surface area contributed by atoms with Crippen molar-refractivity contribution in [1.29, 1.82) is 0 Å². The molecule has 0 radical (unpaired) electrons. The SMILES string of the molecule is COc1cc(/C=N/C(C(=O)O)C(C)C)ccc1OC(=O)/C=C/c1cccc(Br)c1. The van der Waals surface area contributed by atoms with Gasteiger partial charge in [-0.15, -0.1) is 0 Å². The van der Waals surface area contributed by atoms with Gasteiger partial charge in [0.15, 0.2) is 11.5 Å². The molecule has 0 saturated carbocycles. The molecule has 0 aliphatic heterocycles. The molecule has 1 unspecified atom stereocenters. The molecule has 2 aromatic rings. The van der Waals surface area contributed by atoms with Gasteiger partial charge in [-0.2, -0.15) is 0 Å². The highest BCUT2D eigenvalue weighted by Gasteiger charge is 2.19. The second kappa shape index (κ2) is 10.6. The molecule has 152 valence electrons. The molecule has 0 aliphatic rings. The van der Waals surface area contributed by atoms with E-state index in [2.05, 4.69) is 20.9 Å². The largest absolute Gasteiger partial charge is 0.493 e. The number of carboxylic acid groups (broad SMARTS) is 1. The van der Waals surface area contributed by atoms with E-state index < -0.39 is 18.0 Å². The minimum atomic E-state index is -0.981. The summed E-state index contributed by atoms with van der Waals surface area (Å²) >= 11 is 3.38. The Bertz CT molecular complexity index is 937.